The van der Waals surface area contributed by atoms with Gasteiger partial charge in [-0.05, 0) is 24.3 Å². The van der Waals surface area contributed by atoms with Gasteiger partial charge in [-0.1, -0.05) is 55.8 Å². The van der Waals surface area contributed by atoms with Crippen molar-refractivity contribution < 1.29 is 4.79 Å². The number of nitrogens with zero attached hydrogens (tertiary/aromatic N) is 4. The van der Waals surface area contributed by atoms with Gasteiger partial charge in [0.15, 0.2) is 0 Å². The van der Waals surface area contributed by atoms with Crippen molar-refractivity contribution in [2.24, 2.45) is 5.73 Å². The van der Waals surface area contributed by atoms with Crippen LogP contribution in [-0.4, -0.2) is 25.9 Å². The van der Waals surface area contributed by atoms with Crippen LogP contribution in [-0.2, 0) is 0 Å². The van der Waals surface area contributed by atoms with Crippen LogP contribution in [0.2, 0.25) is 5.02 Å². The molecule has 1 aromatic carbocycles. The first kappa shape index (κ1) is 19.7. The van der Waals surface area contributed by atoms with E-state index in [4.69, 9.17) is 17.3 Å². The van der Waals surface area contributed by atoms with Crippen molar-refractivity contribution in [3.8, 4) is 16.9 Å². The van der Waals surface area contributed by atoms with Crippen LogP contribution in [0.3, 0.4) is 0 Å². The molecule has 2 aromatic heterocycles. The maximum atomic E-state index is 12.4. The molecule has 8 heteroatoms. The lowest BCUT2D eigenvalue weighted by Crippen LogP contribution is -2.30. The Labute approximate surface area is 167 Å². The van der Waals surface area contributed by atoms with Gasteiger partial charge in [0, 0.05) is 10.6 Å². The second-order valence-corrected chi connectivity index (χ2v) is 6.84. The molecule has 2 N–H and O–H groups in total. The van der Waals surface area contributed by atoms with Crippen LogP contribution in [0.5, 0.6) is 0 Å². The van der Waals surface area contributed by atoms with Crippen LogP contribution < -0.4 is 11.3 Å². The molecule has 0 radical (unpaired) electrons. The summed E-state index contributed by atoms with van der Waals surface area (Å²) in [7, 11) is 0. The largest absolute Gasteiger partial charge is 0.365 e. The molecule has 28 heavy (non-hydrogen) atoms. The highest BCUT2D eigenvalue weighted by Crippen LogP contribution is 2.20. The van der Waals surface area contributed by atoms with Gasteiger partial charge in [0.1, 0.15) is 5.56 Å². The molecular formula is C20H20ClN5O2. The van der Waals surface area contributed by atoms with E-state index in [-0.39, 0.29) is 5.56 Å². The van der Waals surface area contributed by atoms with Crippen molar-refractivity contribution in [3.63, 3.8) is 0 Å². The fourth-order valence-corrected chi connectivity index (χ4v) is 3.03. The molecule has 0 saturated heterocycles. The number of aromatic nitrogens is 4. The van der Waals surface area contributed by atoms with E-state index in [9.17, 15) is 9.59 Å². The Kier molecular flexibility index (Phi) is 6.49. The minimum atomic E-state index is -0.830. The minimum Gasteiger partial charge on any atom is -0.365 e. The molecule has 144 valence electrons. The van der Waals surface area contributed by atoms with E-state index in [0.29, 0.717) is 22.0 Å². The van der Waals surface area contributed by atoms with Gasteiger partial charge in [-0.3, -0.25) is 9.59 Å². The fourth-order valence-electron chi connectivity index (χ4n) is 2.90. The molecule has 0 unspecified atom stereocenters. The standard InChI is InChI=1S/C15H10ClN5O2.C5H10/c16-10-3-1-9(2-4-10)13-7-12(14(17)22)15(23)21(20-13)11-5-6-18-19-8-11;1-2-4-5-3-1/h1-8H,(H2,17,22);1-5H2. The number of hydrogen-bond acceptors (Lipinski definition) is 5. The zero-order valence-corrected chi connectivity index (χ0v) is 16.0. The maximum absolute atomic E-state index is 12.4. The summed E-state index contributed by atoms with van der Waals surface area (Å²) in [5.41, 5.74) is 5.99. The first-order valence-electron chi connectivity index (χ1n) is 9.03. The summed E-state index contributed by atoms with van der Waals surface area (Å²) >= 11 is 5.87. The monoisotopic (exact) mass is 397 g/mol. The Morgan fingerprint density at radius 1 is 1.00 bits per heavy atom. The van der Waals surface area contributed by atoms with Crippen LogP contribution in [0.4, 0.5) is 0 Å². The molecule has 0 atom stereocenters. The Morgan fingerprint density at radius 3 is 2.18 bits per heavy atom. The predicted molar refractivity (Wildman–Crippen MR) is 107 cm³/mol. The average molecular weight is 398 g/mol. The third kappa shape index (κ3) is 4.80. The summed E-state index contributed by atoms with van der Waals surface area (Å²) in [4.78, 5) is 24.0. The number of carbonyl (C=O) groups is 1. The normalized spacial score (nSPS) is 12.9. The van der Waals surface area contributed by atoms with E-state index in [2.05, 4.69) is 15.3 Å². The second-order valence-electron chi connectivity index (χ2n) is 6.40. The average Bonchev–Trinajstić information content (AvgIpc) is 3.29. The summed E-state index contributed by atoms with van der Waals surface area (Å²) < 4.78 is 1.07. The molecule has 4 rings (SSSR count). The first-order valence-corrected chi connectivity index (χ1v) is 9.41. The lowest BCUT2D eigenvalue weighted by atomic mass is 10.1. The smallest absolute Gasteiger partial charge is 0.284 e. The zero-order chi connectivity index (χ0) is 19.9. The number of amides is 1. The SMILES string of the molecule is C1CCCC1.NC(=O)c1cc(-c2ccc(Cl)cc2)nn(-c2ccnnc2)c1=O. The molecule has 1 fully saturated rings. The predicted octanol–water partition coefficient (Wildman–Crippen LogP) is 3.39. The Bertz CT molecular complexity index is 992. The first-order chi connectivity index (χ1) is 13.6. The lowest BCUT2D eigenvalue weighted by Gasteiger charge is -2.09. The number of carbonyl (C=O) groups excluding carboxylic acids is 1. The van der Waals surface area contributed by atoms with E-state index < -0.39 is 11.5 Å². The molecular weight excluding hydrogens is 378 g/mol. The van der Waals surface area contributed by atoms with Crippen molar-refractivity contribution >= 4 is 17.5 Å². The minimum absolute atomic E-state index is 0.165. The number of benzene rings is 1. The molecule has 1 aliphatic carbocycles. The third-order valence-electron chi connectivity index (χ3n) is 4.38. The highest BCUT2D eigenvalue weighted by Gasteiger charge is 2.15. The number of nitrogens with two attached hydrogens (primary N) is 1. The van der Waals surface area contributed by atoms with Gasteiger partial charge in [0.05, 0.1) is 23.8 Å². The van der Waals surface area contributed by atoms with E-state index in [1.165, 1.54) is 50.6 Å². The van der Waals surface area contributed by atoms with Crippen molar-refractivity contribution in [3.05, 3.63) is 69.7 Å². The van der Waals surface area contributed by atoms with Crippen LogP contribution in [0.1, 0.15) is 42.5 Å². The lowest BCUT2D eigenvalue weighted by molar-refractivity contribution is 0.0998. The van der Waals surface area contributed by atoms with E-state index in [0.717, 1.165) is 4.68 Å². The van der Waals surface area contributed by atoms with Crippen molar-refractivity contribution in [1.82, 2.24) is 20.0 Å². The molecule has 0 spiro atoms. The number of halogens is 1. The van der Waals surface area contributed by atoms with Gasteiger partial charge in [0.2, 0.25) is 0 Å². The molecule has 1 amide bonds. The second kappa shape index (κ2) is 9.23. The van der Waals surface area contributed by atoms with Gasteiger partial charge in [-0.15, -0.1) is 0 Å². The van der Waals surface area contributed by atoms with Gasteiger partial charge in [-0.2, -0.15) is 20.0 Å². The van der Waals surface area contributed by atoms with Crippen molar-refractivity contribution in [2.75, 3.05) is 0 Å². The zero-order valence-electron chi connectivity index (χ0n) is 15.2. The Morgan fingerprint density at radius 2 is 1.64 bits per heavy atom. The van der Waals surface area contributed by atoms with E-state index in [1.54, 1.807) is 30.3 Å². The molecule has 0 bridgehead atoms. The van der Waals surface area contributed by atoms with Crippen LogP contribution >= 0.6 is 11.6 Å². The summed E-state index contributed by atoms with van der Waals surface area (Å²) in [5, 5.41) is 12.2. The van der Waals surface area contributed by atoms with E-state index in [1.807, 2.05) is 0 Å². The molecule has 2 heterocycles. The number of rotatable bonds is 3. The van der Waals surface area contributed by atoms with Gasteiger partial charge in [-0.25, -0.2) is 0 Å². The van der Waals surface area contributed by atoms with Crippen LogP contribution in [0.25, 0.3) is 16.9 Å². The van der Waals surface area contributed by atoms with Crippen molar-refractivity contribution in [2.45, 2.75) is 32.1 Å². The topological polar surface area (TPSA) is 104 Å². The Balaban J connectivity index is 0.000000391. The number of primary amides is 1. The molecule has 7 nitrogen and oxygen atoms in total. The summed E-state index contributed by atoms with van der Waals surface area (Å²) in [6.45, 7) is 0. The van der Waals surface area contributed by atoms with Gasteiger partial charge >= 0.3 is 0 Å². The fraction of sp³-hybridized carbons (Fsp3) is 0.250. The summed E-state index contributed by atoms with van der Waals surface area (Å²) in [6, 6.07) is 9.75. The Hall–Kier alpha value is -3.06. The van der Waals surface area contributed by atoms with Crippen molar-refractivity contribution in [1.29, 1.82) is 0 Å². The highest BCUT2D eigenvalue weighted by atomic mass is 35.5. The van der Waals surface area contributed by atoms with Crippen LogP contribution in [0.15, 0.2) is 53.6 Å². The quantitative estimate of drug-likeness (QED) is 0.729. The molecule has 0 aliphatic heterocycles. The molecule has 1 aliphatic rings. The van der Waals surface area contributed by atoms with Gasteiger partial charge in [0.25, 0.3) is 11.5 Å². The van der Waals surface area contributed by atoms with E-state index >= 15 is 0 Å². The summed E-state index contributed by atoms with van der Waals surface area (Å²) in [6.07, 6.45) is 10.3. The van der Waals surface area contributed by atoms with Crippen LogP contribution in [0, 0.1) is 0 Å². The molecule has 3 aromatic rings. The summed E-state index contributed by atoms with van der Waals surface area (Å²) in [5.74, 6) is -0.830. The van der Waals surface area contributed by atoms with Gasteiger partial charge < -0.3 is 5.73 Å². The number of hydrogen-bond donors (Lipinski definition) is 1. The third-order valence-corrected chi connectivity index (χ3v) is 4.63. The highest BCUT2D eigenvalue weighted by molar-refractivity contribution is 6.30. The molecule has 1 saturated carbocycles. The maximum Gasteiger partial charge on any atom is 0.284 e.